The van der Waals surface area contributed by atoms with Gasteiger partial charge in [0.1, 0.15) is 0 Å². The van der Waals surface area contributed by atoms with E-state index in [1.807, 2.05) is 12.3 Å². The van der Waals surface area contributed by atoms with Crippen molar-refractivity contribution in [1.29, 1.82) is 0 Å². The molecule has 1 aromatic heterocycles. The van der Waals surface area contributed by atoms with Gasteiger partial charge in [-0.15, -0.1) is 6.58 Å². The number of allylic oxidation sites excluding steroid dienone is 1. The lowest BCUT2D eigenvalue weighted by Gasteiger charge is -2.15. The molecule has 0 saturated carbocycles. The molecule has 1 rings (SSSR count). The molecule has 106 valence electrons. The SMILES string of the molecule is C=CCCCN(C)Cc1ccc(CNC(C)C)cn1. The quantitative estimate of drug-likeness (QED) is 0.547. The van der Waals surface area contributed by atoms with Crippen molar-refractivity contribution in [3.63, 3.8) is 0 Å². The summed E-state index contributed by atoms with van der Waals surface area (Å²) in [5.74, 6) is 0. The van der Waals surface area contributed by atoms with Crippen molar-refractivity contribution in [2.24, 2.45) is 0 Å². The number of nitrogens with zero attached hydrogens (tertiary/aromatic N) is 2. The van der Waals surface area contributed by atoms with Gasteiger partial charge in [-0.3, -0.25) is 4.98 Å². The number of pyridine rings is 1. The smallest absolute Gasteiger partial charge is 0.0544 e. The number of hydrogen-bond acceptors (Lipinski definition) is 3. The van der Waals surface area contributed by atoms with Crippen molar-refractivity contribution in [3.8, 4) is 0 Å². The molecule has 1 aromatic rings. The second-order valence-electron chi connectivity index (χ2n) is 5.36. The van der Waals surface area contributed by atoms with E-state index < -0.39 is 0 Å². The zero-order chi connectivity index (χ0) is 14.1. The standard InChI is InChI=1S/C16H27N3/c1-5-6-7-10-19(4)13-16-9-8-15(12-18-16)11-17-14(2)3/h5,8-9,12,14,17H,1,6-7,10-11,13H2,2-4H3. The molecule has 0 aliphatic heterocycles. The number of hydrogen-bond donors (Lipinski definition) is 1. The molecule has 0 aliphatic rings. The van der Waals surface area contributed by atoms with Crippen LogP contribution in [0.3, 0.4) is 0 Å². The summed E-state index contributed by atoms with van der Waals surface area (Å²) in [6.07, 6.45) is 6.19. The van der Waals surface area contributed by atoms with Gasteiger partial charge >= 0.3 is 0 Å². The van der Waals surface area contributed by atoms with Gasteiger partial charge in [-0.1, -0.05) is 26.0 Å². The van der Waals surface area contributed by atoms with Crippen molar-refractivity contribution in [3.05, 3.63) is 42.2 Å². The van der Waals surface area contributed by atoms with Gasteiger partial charge in [-0.05, 0) is 38.1 Å². The first kappa shape index (κ1) is 15.9. The highest BCUT2D eigenvalue weighted by atomic mass is 15.1. The fourth-order valence-electron chi connectivity index (χ4n) is 1.84. The number of nitrogens with one attached hydrogen (secondary N) is 1. The van der Waals surface area contributed by atoms with E-state index in [-0.39, 0.29) is 0 Å². The molecule has 0 spiro atoms. The fraction of sp³-hybridized carbons (Fsp3) is 0.562. The molecular formula is C16H27N3. The lowest BCUT2D eigenvalue weighted by Crippen LogP contribution is -2.22. The molecule has 0 atom stereocenters. The molecule has 0 unspecified atom stereocenters. The average molecular weight is 261 g/mol. The van der Waals surface area contributed by atoms with Crippen LogP contribution in [0, 0.1) is 0 Å². The molecule has 0 radical (unpaired) electrons. The van der Waals surface area contributed by atoms with Crippen molar-refractivity contribution in [1.82, 2.24) is 15.2 Å². The molecule has 1 N–H and O–H groups in total. The Labute approximate surface area is 117 Å². The van der Waals surface area contributed by atoms with Crippen LogP contribution in [0.2, 0.25) is 0 Å². The first-order chi connectivity index (χ1) is 9.11. The van der Waals surface area contributed by atoms with Gasteiger partial charge in [0, 0.05) is 25.3 Å². The van der Waals surface area contributed by atoms with E-state index in [4.69, 9.17) is 0 Å². The maximum Gasteiger partial charge on any atom is 0.0544 e. The normalized spacial score (nSPS) is 11.2. The van der Waals surface area contributed by atoms with Gasteiger partial charge in [-0.2, -0.15) is 0 Å². The highest BCUT2D eigenvalue weighted by Crippen LogP contribution is 2.04. The molecule has 0 fully saturated rings. The topological polar surface area (TPSA) is 28.2 Å². The zero-order valence-electron chi connectivity index (χ0n) is 12.5. The summed E-state index contributed by atoms with van der Waals surface area (Å²) in [5, 5.41) is 3.40. The van der Waals surface area contributed by atoms with Crippen LogP contribution in [0.25, 0.3) is 0 Å². The molecule has 0 bridgehead atoms. The Morgan fingerprint density at radius 3 is 2.79 bits per heavy atom. The summed E-state index contributed by atoms with van der Waals surface area (Å²) in [6.45, 7) is 10.9. The van der Waals surface area contributed by atoms with Crippen LogP contribution < -0.4 is 5.32 Å². The molecule has 3 nitrogen and oxygen atoms in total. The predicted molar refractivity (Wildman–Crippen MR) is 82.0 cm³/mol. The molecule has 3 heteroatoms. The van der Waals surface area contributed by atoms with Gasteiger partial charge in [-0.25, -0.2) is 0 Å². The monoisotopic (exact) mass is 261 g/mol. The van der Waals surface area contributed by atoms with Gasteiger partial charge in [0.25, 0.3) is 0 Å². The van der Waals surface area contributed by atoms with Gasteiger partial charge in [0.05, 0.1) is 5.69 Å². The third-order valence-electron chi connectivity index (χ3n) is 2.98. The highest BCUT2D eigenvalue weighted by Gasteiger charge is 2.02. The Bertz CT molecular complexity index is 357. The minimum atomic E-state index is 0.510. The second kappa shape index (κ2) is 8.83. The Balaban J connectivity index is 2.36. The van der Waals surface area contributed by atoms with E-state index in [1.54, 1.807) is 0 Å². The van der Waals surface area contributed by atoms with E-state index in [0.29, 0.717) is 6.04 Å². The van der Waals surface area contributed by atoms with Crippen molar-refractivity contribution < 1.29 is 0 Å². The van der Waals surface area contributed by atoms with E-state index >= 15 is 0 Å². The minimum Gasteiger partial charge on any atom is -0.310 e. The van der Waals surface area contributed by atoms with Crippen LogP contribution in [0.1, 0.15) is 37.9 Å². The molecule has 1 heterocycles. The summed E-state index contributed by atoms with van der Waals surface area (Å²) in [7, 11) is 2.14. The van der Waals surface area contributed by atoms with Gasteiger partial charge in [0.15, 0.2) is 0 Å². The summed E-state index contributed by atoms with van der Waals surface area (Å²) < 4.78 is 0. The second-order valence-corrected chi connectivity index (χ2v) is 5.36. The molecule has 0 amide bonds. The molecule has 19 heavy (non-hydrogen) atoms. The number of rotatable bonds is 9. The summed E-state index contributed by atoms with van der Waals surface area (Å²) >= 11 is 0. The Morgan fingerprint density at radius 1 is 1.42 bits per heavy atom. The Morgan fingerprint density at radius 2 is 2.21 bits per heavy atom. The number of aromatic nitrogens is 1. The van der Waals surface area contributed by atoms with Crippen molar-refractivity contribution in [2.45, 2.75) is 45.8 Å². The zero-order valence-corrected chi connectivity index (χ0v) is 12.5. The van der Waals surface area contributed by atoms with Crippen molar-refractivity contribution in [2.75, 3.05) is 13.6 Å². The third kappa shape index (κ3) is 7.09. The highest BCUT2D eigenvalue weighted by molar-refractivity contribution is 5.14. The van der Waals surface area contributed by atoms with Gasteiger partial charge in [0.2, 0.25) is 0 Å². The first-order valence-electron chi connectivity index (χ1n) is 7.08. The van der Waals surface area contributed by atoms with E-state index in [1.165, 1.54) is 5.56 Å². The van der Waals surface area contributed by atoms with E-state index in [2.05, 4.69) is 54.8 Å². The molecule has 0 aliphatic carbocycles. The molecular weight excluding hydrogens is 234 g/mol. The van der Waals surface area contributed by atoms with Crippen LogP contribution in [-0.4, -0.2) is 29.5 Å². The van der Waals surface area contributed by atoms with Crippen LogP contribution in [0.5, 0.6) is 0 Å². The van der Waals surface area contributed by atoms with Crippen LogP contribution in [0.4, 0.5) is 0 Å². The Hall–Kier alpha value is -1.19. The Kier molecular flexibility index (Phi) is 7.38. The summed E-state index contributed by atoms with van der Waals surface area (Å²) in [4.78, 5) is 6.83. The van der Waals surface area contributed by atoms with Gasteiger partial charge < -0.3 is 10.2 Å². The predicted octanol–water partition coefficient (Wildman–Crippen LogP) is 2.98. The van der Waals surface area contributed by atoms with Crippen molar-refractivity contribution >= 4 is 0 Å². The van der Waals surface area contributed by atoms with E-state index in [0.717, 1.165) is 38.2 Å². The first-order valence-corrected chi connectivity index (χ1v) is 7.08. The van der Waals surface area contributed by atoms with E-state index in [9.17, 15) is 0 Å². The van der Waals surface area contributed by atoms with Crippen LogP contribution >= 0.6 is 0 Å². The summed E-state index contributed by atoms with van der Waals surface area (Å²) in [5.41, 5.74) is 2.38. The lowest BCUT2D eigenvalue weighted by atomic mass is 10.2. The lowest BCUT2D eigenvalue weighted by molar-refractivity contribution is 0.319. The third-order valence-corrected chi connectivity index (χ3v) is 2.98. The maximum atomic E-state index is 4.52. The average Bonchev–Trinajstić information content (AvgIpc) is 2.38. The maximum absolute atomic E-state index is 4.52. The minimum absolute atomic E-state index is 0.510. The fourth-order valence-corrected chi connectivity index (χ4v) is 1.84. The largest absolute Gasteiger partial charge is 0.310 e. The molecule has 0 saturated heterocycles. The van der Waals surface area contributed by atoms with Crippen LogP contribution in [0.15, 0.2) is 31.0 Å². The number of unbranched alkanes of at least 4 members (excludes halogenated alkanes) is 1. The van der Waals surface area contributed by atoms with Crippen LogP contribution in [-0.2, 0) is 13.1 Å². The summed E-state index contributed by atoms with van der Waals surface area (Å²) in [6, 6.07) is 4.80. The molecule has 0 aromatic carbocycles.